The van der Waals surface area contributed by atoms with Gasteiger partial charge in [0.2, 0.25) is 0 Å². The van der Waals surface area contributed by atoms with E-state index in [0.717, 1.165) is 12.8 Å². The molecule has 0 radical (unpaired) electrons. The molecule has 0 bridgehead atoms. The summed E-state index contributed by atoms with van der Waals surface area (Å²) in [5.41, 5.74) is 0. The summed E-state index contributed by atoms with van der Waals surface area (Å²) >= 11 is 0. The molecule has 0 amide bonds. The van der Waals surface area contributed by atoms with E-state index < -0.39 is 19.0 Å². The molecule has 0 aromatic heterocycles. The van der Waals surface area contributed by atoms with Crippen LogP contribution in [0.4, 0.5) is 17.6 Å². The number of amidine groups is 1. The van der Waals surface area contributed by atoms with Crippen molar-refractivity contribution in [2.75, 3.05) is 26.3 Å². The van der Waals surface area contributed by atoms with Gasteiger partial charge in [0.15, 0.2) is 0 Å². The molecule has 0 unspecified atom stereocenters. The first-order chi connectivity index (χ1) is 7.43. The van der Waals surface area contributed by atoms with Crippen LogP contribution in [0.5, 0.6) is 0 Å². The lowest BCUT2D eigenvalue weighted by molar-refractivity contribution is -0.162. The van der Waals surface area contributed by atoms with E-state index in [1.54, 1.807) is 4.90 Å². The van der Waals surface area contributed by atoms with Gasteiger partial charge in [-0.1, -0.05) is 0 Å². The van der Waals surface area contributed by atoms with Crippen molar-refractivity contribution in [1.82, 2.24) is 4.90 Å². The van der Waals surface area contributed by atoms with Crippen molar-refractivity contribution in [3.63, 3.8) is 0 Å². The molecule has 0 spiro atoms. The molecule has 16 heavy (non-hydrogen) atoms. The minimum atomic E-state index is -4.13. The van der Waals surface area contributed by atoms with Gasteiger partial charge in [0.1, 0.15) is 19.0 Å². The standard InChI is InChI=1S/C9H14F4N2O/c10-8(11)9(12,13)6-16-5-7(14)15-3-1-2-4-15/h8,14H,1-6H2. The van der Waals surface area contributed by atoms with Crippen LogP contribution in [-0.4, -0.2) is 49.4 Å². The molecule has 0 aromatic carbocycles. The maximum Gasteiger partial charge on any atom is 0.330 e. The van der Waals surface area contributed by atoms with Crippen LogP contribution in [0, 0.1) is 5.41 Å². The van der Waals surface area contributed by atoms with E-state index in [-0.39, 0.29) is 12.4 Å². The van der Waals surface area contributed by atoms with Crippen LogP contribution >= 0.6 is 0 Å². The third kappa shape index (κ3) is 3.62. The fourth-order valence-electron chi connectivity index (χ4n) is 1.43. The first-order valence-corrected chi connectivity index (χ1v) is 4.99. The van der Waals surface area contributed by atoms with Crippen LogP contribution < -0.4 is 0 Å². The molecule has 1 fully saturated rings. The minimum Gasteiger partial charge on any atom is -0.367 e. The molecule has 0 aromatic rings. The van der Waals surface area contributed by atoms with Gasteiger partial charge in [0.25, 0.3) is 0 Å². The summed E-state index contributed by atoms with van der Waals surface area (Å²) in [6, 6.07) is 0. The van der Waals surface area contributed by atoms with Crippen molar-refractivity contribution in [3.05, 3.63) is 0 Å². The fourth-order valence-corrected chi connectivity index (χ4v) is 1.43. The van der Waals surface area contributed by atoms with Crippen LogP contribution in [0.2, 0.25) is 0 Å². The van der Waals surface area contributed by atoms with E-state index in [0.29, 0.717) is 13.1 Å². The van der Waals surface area contributed by atoms with Crippen molar-refractivity contribution in [2.45, 2.75) is 25.2 Å². The van der Waals surface area contributed by atoms with E-state index in [1.807, 2.05) is 0 Å². The molecule has 7 heteroatoms. The lowest BCUT2D eigenvalue weighted by Gasteiger charge is -2.20. The lowest BCUT2D eigenvalue weighted by atomic mass is 10.4. The number of nitrogens with one attached hydrogen (secondary N) is 1. The van der Waals surface area contributed by atoms with Crippen LogP contribution in [0.15, 0.2) is 0 Å². The molecular weight excluding hydrogens is 228 g/mol. The van der Waals surface area contributed by atoms with E-state index in [4.69, 9.17) is 5.41 Å². The Morgan fingerprint density at radius 1 is 1.31 bits per heavy atom. The molecule has 3 nitrogen and oxygen atoms in total. The van der Waals surface area contributed by atoms with E-state index in [2.05, 4.69) is 4.74 Å². The number of rotatable bonds is 5. The molecule has 0 saturated carbocycles. The summed E-state index contributed by atoms with van der Waals surface area (Å²) < 4.78 is 52.8. The van der Waals surface area contributed by atoms with Gasteiger partial charge in [0.05, 0.1) is 0 Å². The molecule has 1 rings (SSSR count). The highest BCUT2D eigenvalue weighted by molar-refractivity contribution is 5.80. The van der Waals surface area contributed by atoms with Gasteiger partial charge in [-0.3, -0.25) is 5.41 Å². The molecule has 0 aliphatic carbocycles. The third-order valence-corrected chi connectivity index (χ3v) is 2.34. The lowest BCUT2D eigenvalue weighted by Crippen LogP contribution is -2.36. The van der Waals surface area contributed by atoms with Crippen LogP contribution in [0.3, 0.4) is 0 Å². The second-order valence-electron chi connectivity index (χ2n) is 3.70. The molecule has 0 atom stereocenters. The zero-order chi connectivity index (χ0) is 12.2. The Morgan fingerprint density at radius 2 is 1.88 bits per heavy atom. The molecule has 1 aliphatic rings. The Morgan fingerprint density at radius 3 is 2.38 bits per heavy atom. The molecule has 94 valence electrons. The predicted molar refractivity (Wildman–Crippen MR) is 50.3 cm³/mol. The van der Waals surface area contributed by atoms with Crippen molar-refractivity contribution in [1.29, 1.82) is 5.41 Å². The van der Waals surface area contributed by atoms with Gasteiger partial charge >= 0.3 is 12.3 Å². The van der Waals surface area contributed by atoms with Crippen molar-refractivity contribution >= 4 is 5.84 Å². The Hall–Kier alpha value is -0.850. The zero-order valence-electron chi connectivity index (χ0n) is 8.69. The molecule has 1 saturated heterocycles. The molecule has 1 N–H and O–H groups in total. The fraction of sp³-hybridized carbons (Fsp3) is 0.889. The molecular formula is C9H14F4N2O. The average molecular weight is 242 g/mol. The monoisotopic (exact) mass is 242 g/mol. The third-order valence-electron chi connectivity index (χ3n) is 2.34. The Kier molecular flexibility index (Phi) is 4.52. The smallest absolute Gasteiger partial charge is 0.330 e. The first-order valence-electron chi connectivity index (χ1n) is 4.99. The predicted octanol–water partition coefficient (Wildman–Crippen LogP) is 1.98. The van der Waals surface area contributed by atoms with Gasteiger partial charge in [-0.25, -0.2) is 8.78 Å². The van der Waals surface area contributed by atoms with Gasteiger partial charge in [-0.15, -0.1) is 0 Å². The highest BCUT2D eigenvalue weighted by Gasteiger charge is 2.41. The summed E-state index contributed by atoms with van der Waals surface area (Å²) in [6.45, 7) is -0.288. The number of hydrogen-bond donors (Lipinski definition) is 1. The van der Waals surface area contributed by atoms with Gasteiger partial charge < -0.3 is 9.64 Å². The van der Waals surface area contributed by atoms with E-state index in [9.17, 15) is 17.6 Å². The highest BCUT2D eigenvalue weighted by atomic mass is 19.3. The Balaban J connectivity index is 2.22. The Bertz CT molecular complexity index is 242. The summed E-state index contributed by atoms with van der Waals surface area (Å²) in [7, 11) is 0. The maximum absolute atomic E-state index is 12.4. The van der Waals surface area contributed by atoms with Crippen LogP contribution in [0.25, 0.3) is 0 Å². The topological polar surface area (TPSA) is 36.3 Å². The molecule has 1 aliphatic heterocycles. The van der Waals surface area contributed by atoms with Crippen LogP contribution in [-0.2, 0) is 4.74 Å². The normalized spacial score (nSPS) is 17.2. The van der Waals surface area contributed by atoms with E-state index >= 15 is 0 Å². The van der Waals surface area contributed by atoms with Gasteiger partial charge in [-0.05, 0) is 12.8 Å². The SMILES string of the molecule is N=C(COCC(F)(F)C(F)F)N1CCCC1. The summed E-state index contributed by atoms with van der Waals surface area (Å²) in [5, 5.41) is 7.47. The number of likely N-dealkylation sites (tertiary alicyclic amines) is 1. The minimum absolute atomic E-state index is 0.0718. The highest BCUT2D eigenvalue weighted by Crippen LogP contribution is 2.22. The number of nitrogens with zero attached hydrogens (tertiary/aromatic N) is 1. The van der Waals surface area contributed by atoms with Crippen molar-refractivity contribution in [2.24, 2.45) is 0 Å². The van der Waals surface area contributed by atoms with Crippen molar-refractivity contribution in [3.8, 4) is 0 Å². The quantitative estimate of drug-likeness (QED) is 0.454. The summed E-state index contributed by atoms with van der Waals surface area (Å²) in [5.74, 6) is -4.06. The van der Waals surface area contributed by atoms with Crippen molar-refractivity contribution < 1.29 is 22.3 Å². The average Bonchev–Trinajstić information content (AvgIpc) is 2.69. The second-order valence-corrected chi connectivity index (χ2v) is 3.70. The largest absolute Gasteiger partial charge is 0.367 e. The van der Waals surface area contributed by atoms with Gasteiger partial charge in [-0.2, -0.15) is 8.78 Å². The number of ether oxygens (including phenoxy) is 1. The first kappa shape index (κ1) is 13.2. The van der Waals surface area contributed by atoms with Gasteiger partial charge in [0, 0.05) is 13.1 Å². The number of alkyl halides is 4. The molecule has 1 heterocycles. The maximum atomic E-state index is 12.4. The van der Waals surface area contributed by atoms with Crippen LogP contribution in [0.1, 0.15) is 12.8 Å². The second kappa shape index (κ2) is 5.47. The number of halogens is 4. The zero-order valence-corrected chi connectivity index (χ0v) is 8.69. The number of hydrogen-bond acceptors (Lipinski definition) is 2. The summed E-state index contributed by atoms with van der Waals surface area (Å²) in [4.78, 5) is 1.69. The van der Waals surface area contributed by atoms with E-state index in [1.165, 1.54) is 0 Å². The summed E-state index contributed by atoms with van der Waals surface area (Å²) in [6.07, 6.45) is -1.82. The Labute approximate surface area is 90.9 Å².